The van der Waals surface area contributed by atoms with Gasteiger partial charge in [-0.05, 0) is 0 Å². The second-order valence-corrected chi connectivity index (χ2v) is 28.8. The molecule has 4 rings (SSSR count). The van der Waals surface area contributed by atoms with Crippen molar-refractivity contribution in [3.05, 3.63) is 81.9 Å². The quantitative estimate of drug-likeness (QED) is 0.459. The van der Waals surface area contributed by atoms with E-state index in [1.54, 1.807) is 0 Å². The van der Waals surface area contributed by atoms with Crippen LogP contribution in [0.5, 0.6) is 0 Å². The van der Waals surface area contributed by atoms with Crippen molar-refractivity contribution in [2.45, 2.75) is 28.0 Å². The van der Waals surface area contributed by atoms with Crippen molar-refractivity contribution in [1.29, 1.82) is 0 Å². The summed E-state index contributed by atoms with van der Waals surface area (Å²) in [6, 6.07) is 17.1. The third-order valence-corrected chi connectivity index (χ3v) is 25.6. The molecule has 0 fully saturated rings. The molecule has 2 aliphatic carbocycles. The predicted octanol–water partition coefficient (Wildman–Crippen LogP) is 7.12. The number of benzene rings is 2. The van der Waals surface area contributed by atoms with Gasteiger partial charge < -0.3 is 0 Å². The Bertz CT molecular complexity index is 931. The van der Waals surface area contributed by atoms with Gasteiger partial charge in [0.15, 0.2) is 0 Å². The summed E-state index contributed by atoms with van der Waals surface area (Å²) in [5.74, 6) is 0. The summed E-state index contributed by atoms with van der Waals surface area (Å²) >= 11 is -4.42. The molecule has 0 saturated carbocycles. The molecular weight excluding hydrogens is 426 g/mol. The summed E-state index contributed by atoms with van der Waals surface area (Å²) in [6.07, 6.45) is 4.53. The van der Waals surface area contributed by atoms with Gasteiger partial charge in [0, 0.05) is 0 Å². The van der Waals surface area contributed by atoms with Crippen LogP contribution in [0.1, 0.15) is 50.3 Å². The first kappa shape index (κ1) is 17.7. The predicted molar refractivity (Wildman–Crippen MR) is 109 cm³/mol. The fourth-order valence-corrected chi connectivity index (χ4v) is 23.1. The number of hydrogen-bond donors (Lipinski definition) is 0. The third kappa shape index (κ3) is 2.47. The first-order valence-corrected chi connectivity index (χ1v) is 19.4. The van der Waals surface area contributed by atoms with Gasteiger partial charge in [0.25, 0.3) is 0 Å². The molecule has 0 bridgehead atoms. The van der Waals surface area contributed by atoms with Gasteiger partial charge in [0.1, 0.15) is 0 Å². The first-order chi connectivity index (χ1) is 11.9. The first-order valence-electron chi connectivity index (χ1n) is 8.79. The van der Waals surface area contributed by atoms with Crippen LogP contribution in [-0.4, -0.2) is 3.71 Å². The van der Waals surface area contributed by atoms with Gasteiger partial charge in [-0.15, -0.1) is 0 Å². The van der Waals surface area contributed by atoms with Crippen molar-refractivity contribution in [3.63, 3.8) is 0 Å². The van der Waals surface area contributed by atoms with Crippen LogP contribution in [0.4, 0.5) is 0 Å². The molecule has 0 amide bonds. The molecule has 2 aliphatic rings. The molecule has 3 heteroatoms. The van der Waals surface area contributed by atoms with Gasteiger partial charge in [-0.1, -0.05) is 0 Å². The Morgan fingerprint density at radius 2 is 1.16 bits per heavy atom. The van der Waals surface area contributed by atoms with E-state index in [9.17, 15) is 0 Å². The van der Waals surface area contributed by atoms with Crippen molar-refractivity contribution in [1.82, 2.24) is 0 Å². The molecule has 2 unspecified atom stereocenters. The summed E-state index contributed by atoms with van der Waals surface area (Å²) in [6.45, 7) is 6.45. The molecule has 0 aromatic heterocycles. The van der Waals surface area contributed by atoms with Gasteiger partial charge in [0.2, 0.25) is 0 Å². The average molecular weight is 449 g/mol. The van der Waals surface area contributed by atoms with Gasteiger partial charge in [-0.25, -0.2) is 0 Å². The zero-order valence-corrected chi connectivity index (χ0v) is 18.7. The summed E-state index contributed by atoms with van der Waals surface area (Å²) < 4.78 is 2.47. The molecule has 2 aromatic rings. The Labute approximate surface area is 157 Å². The number of fused-ring (bicyclic) bond motifs is 2. The SMILES string of the molecule is C[CH]=[Zr]([Cl])([Cl])([CH]1C(C)=Cc2ccccc21)[CH]1C(C)=Cc2ccccc21. The van der Waals surface area contributed by atoms with Crippen LogP contribution in [0, 0.1) is 0 Å². The van der Waals surface area contributed by atoms with Crippen LogP contribution in [0.15, 0.2) is 59.7 Å². The van der Waals surface area contributed by atoms with Crippen LogP contribution < -0.4 is 0 Å². The number of halogens is 2. The molecule has 0 saturated heterocycles. The van der Waals surface area contributed by atoms with Gasteiger partial charge in [-0.3, -0.25) is 0 Å². The molecule has 2 aromatic carbocycles. The van der Waals surface area contributed by atoms with Crippen molar-refractivity contribution >= 4 is 32.9 Å². The van der Waals surface area contributed by atoms with E-state index in [4.69, 9.17) is 17.0 Å². The van der Waals surface area contributed by atoms with Crippen molar-refractivity contribution in [3.8, 4) is 0 Å². The molecule has 0 spiro atoms. The van der Waals surface area contributed by atoms with Crippen molar-refractivity contribution in [2.24, 2.45) is 0 Å². The van der Waals surface area contributed by atoms with E-state index >= 15 is 0 Å². The minimum absolute atomic E-state index is 0.130. The Kier molecular flexibility index (Phi) is 4.15. The Morgan fingerprint density at radius 1 is 0.760 bits per heavy atom. The second-order valence-electron chi connectivity index (χ2n) is 7.42. The second kappa shape index (κ2) is 5.88. The molecule has 0 N–H and O–H groups in total. The van der Waals surface area contributed by atoms with Crippen LogP contribution in [0.3, 0.4) is 0 Å². The van der Waals surface area contributed by atoms with Gasteiger partial charge in [-0.2, -0.15) is 0 Å². The molecular formula is C22H22Cl2Zr. The van der Waals surface area contributed by atoms with Gasteiger partial charge >= 0.3 is 159 Å². The van der Waals surface area contributed by atoms with E-state index in [2.05, 4.69) is 85.2 Å². The molecule has 25 heavy (non-hydrogen) atoms. The van der Waals surface area contributed by atoms with Crippen molar-refractivity contribution in [2.75, 3.05) is 0 Å². The zero-order chi connectivity index (χ0) is 17.8. The number of hydrogen-bond acceptors (Lipinski definition) is 0. The van der Waals surface area contributed by atoms with Crippen LogP contribution >= 0.6 is 17.0 Å². The third-order valence-electron chi connectivity index (χ3n) is 5.95. The molecule has 0 heterocycles. The molecule has 0 radical (unpaired) electrons. The molecule has 0 aliphatic heterocycles. The summed E-state index contributed by atoms with van der Waals surface area (Å²) in [4.78, 5) is 0. The summed E-state index contributed by atoms with van der Waals surface area (Å²) in [7, 11) is 15.3. The Balaban J connectivity index is 1.99. The summed E-state index contributed by atoms with van der Waals surface area (Å²) in [5, 5.41) is 0. The minimum atomic E-state index is -4.42. The molecule has 2 atom stereocenters. The normalized spacial score (nSPS) is 22.2. The fourth-order valence-electron chi connectivity index (χ4n) is 4.92. The van der Waals surface area contributed by atoms with Crippen molar-refractivity contribution < 1.29 is 15.9 Å². The maximum atomic E-state index is 7.67. The topological polar surface area (TPSA) is 0 Å². The zero-order valence-electron chi connectivity index (χ0n) is 14.8. The van der Waals surface area contributed by atoms with Crippen LogP contribution in [-0.2, 0) is 15.9 Å². The van der Waals surface area contributed by atoms with E-state index in [-0.39, 0.29) is 7.25 Å². The van der Waals surface area contributed by atoms with Gasteiger partial charge in [0.05, 0.1) is 0 Å². The fraction of sp³-hybridized carbons (Fsp3) is 0.227. The average Bonchev–Trinajstić information content (AvgIpc) is 3.11. The standard InChI is InChI=1S/2C10H9.C2H4.2ClH.Zr/c2*1-8-6-9-4-2-3-5-10(9)7-8;1-2;;;/h2*2-7H,1H3;1H,2H3;2*1H;/q;;;;;+2/p-2. The monoisotopic (exact) mass is 446 g/mol. The van der Waals surface area contributed by atoms with E-state index in [0.717, 1.165) is 0 Å². The molecule has 128 valence electrons. The Morgan fingerprint density at radius 3 is 1.56 bits per heavy atom. The van der Waals surface area contributed by atoms with E-state index in [1.807, 2.05) is 0 Å². The number of allylic oxidation sites excluding steroid dienone is 2. The maximum absolute atomic E-state index is 7.67. The van der Waals surface area contributed by atoms with E-state index < -0.39 is 15.9 Å². The Hall–Kier alpha value is -0.747. The van der Waals surface area contributed by atoms with Crippen LogP contribution in [0.25, 0.3) is 12.2 Å². The van der Waals surface area contributed by atoms with E-state index in [1.165, 1.54) is 33.4 Å². The molecule has 0 nitrogen and oxygen atoms in total. The van der Waals surface area contributed by atoms with Crippen LogP contribution in [0.2, 0.25) is 0 Å². The summed E-state index contributed by atoms with van der Waals surface area (Å²) in [5.41, 5.74) is 7.72. The number of rotatable bonds is 2. The van der Waals surface area contributed by atoms with E-state index in [0.29, 0.717) is 0 Å².